The zero-order valence-corrected chi connectivity index (χ0v) is 24.1. The summed E-state index contributed by atoms with van der Waals surface area (Å²) in [5.41, 5.74) is 0.433. The van der Waals surface area contributed by atoms with E-state index < -0.39 is 11.5 Å². The van der Waals surface area contributed by atoms with Crippen LogP contribution in [0.3, 0.4) is 0 Å². The molecule has 0 aromatic heterocycles. The van der Waals surface area contributed by atoms with E-state index in [9.17, 15) is 14.7 Å². The summed E-state index contributed by atoms with van der Waals surface area (Å²) in [4.78, 5) is 25.9. The quantitative estimate of drug-likeness (QED) is 0.260. The third kappa shape index (κ3) is 3.03. The van der Waals surface area contributed by atoms with Crippen molar-refractivity contribution in [3.63, 3.8) is 0 Å². The van der Waals surface area contributed by atoms with Crippen LogP contribution in [0.4, 0.5) is 0 Å². The van der Waals surface area contributed by atoms with Gasteiger partial charge in [0.15, 0.2) is 0 Å². The molecule has 0 bridgehead atoms. The fraction of sp³-hybridized carbons (Fsp3) is 0.875. The van der Waals surface area contributed by atoms with Gasteiger partial charge in [0.25, 0.3) is 0 Å². The van der Waals surface area contributed by atoms with Crippen molar-refractivity contribution in [2.75, 3.05) is 7.11 Å². The molecule has 1 N–H and O–H groups in total. The highest BCUT2D eigenvalue weighted by molar-refractivity contribution is 5.79. The molecule has 3 unspecified atom stereocenters. The molecule has 4 fully saturated rings. The van der Waals surface area contributed by atoms with E-state index in [1.54, 1.807) is 0 Å². The third-order valence-electron chi connectivity index (χ3n) is 13.7. The minimum absolute atomic E-state index is 0.0253. The Morgan fingerprint density at radius 3 is 2.33 bits per heavy atom. The molecule has 4 heteroatoms. The molecule has 0 radical (unpaired) electrons. The highest BCUT2D eigenvalue weighted by Crippen LogP contribution is 2.76. The van der Waals surface area contributed by atoms with Gasteiger partial charge in [0, 0.05) is 5.41 Å². The number of hydrogen-bond acceptors (Lipinski definition) is 4. The normalized spacial score (nSPS) is 53.6. The maximum atomic E-state index is 13.4. The van der Waals surface area contributed by atoms with Crippen LogP contribution >= 0.6 is 0 Å². The van der Waals surface area contributed by atoms with Gasteiger partial charge in [0.1, 0.15) is 11.7 Å². The van der Waals surface area contributed by atoms with Crippen LogP contribution in [0.15, 0.2) is 11.6 Å². The first-order valence-corrected chi connectivity index (χ1v) is 14.6. The van der Waals surface area contributed by atoms with Crippen molar-refractivity contribution >= 4 is 12.3 Å². The van der Waals surface area contributed by atoms with Gasteiger partial charge >= 0.3 is 5.97 Å². The first kappa shape index (κ1) is 26.4. The Balaban J connectivity index is 1.63. The molecule has 0 aliphatic heterocycles. The number of ether oxygens (including phenoxy) is 1. The lowest BCUT2D eigenvalue weighted by Crippen LogP contribution is -2.67. The number of rotatable bonds is 2. The second-order valence-electron chi connectivity index (χ2n) is 15.4. The Morgan fingerprint density at radius 2 is 1.69 bits per heavy atom. The van der Waals surface area contributed by atoms with E-state index in [-0.39, 0.29) is 39.0 Å². The summed E-state index contributed by atoms with van der Waals surface area (Å²) in [6.45, 7) is 16.5. The molecule has 0 spiro atoms. The van der Waals surface area contributed by atoms with Crippen LogP contribution in [0.5, 0.6) is 0 Å². The average molecular weight is 499 g/mol. The molecular formula is C32H50O4. The van der Waals surface area contributed by atoms with E-state index in [1.165, 1.54) is 25.4 Å². The van der Waals surface area contributed by atoms with Crippen LogP contribution in [-0.2, 0) is 14.3 Å². The van der Waals surface area contributed by atoms with Crippen molar-refractivity contribution in [2.45, 2.75) is 112 Å². The maximum absolute atomic E-state index is 13.4. The van der Waals surface area contributed by atoms with Crippen molar-refractivity contribution in [2.24, 2.45) is 56.2 Å². The highest BCUT2D eigenvalue weighted by Gasteiger charge is 2.71. The molecule has 4 nitrogen and oxygen atoms in total. The van der Waals surface area contributed by atoms with Gasteiger partial charge in [-0.05, 0) is 103 Å². The predicted octanol–water partition coefficient (Wildman–Crippen LogP) is 6.75. The number of aliphatic hydroxyl groups is 1. The summed E-state index contributed by atoms with van der Waals surface area (Å²) in [5, 5.41) is 11.9. The van der Waals surface area contributed by atoms with E-state index in [0.717, 1.165) is 38.5 Å². The molecule has 4 saturated carbocycles. The highest BCUT2D eigenvalue weighted by atomic mass is 16.5. The molecule has 0 amide bonds. The van der Waals surface area contributed by atoms with Gasteiger partial charge in [0.2, 0.25) is 0 Å². The second kappa shape index (κ2) is 7.93. The molecule has 0 aromatic carbocycles. The number of carbonyl (C=O) groups excluding carboxylic acids is 2. The van der Waals surface area contributed by atoms with E-state index in [2.05, 4.69) is 54.5 Å². The summed E-state index contributed by atoms with van der Waals surface area (Å²) in [6, 6.07) is 0. The van der Waals surface area contributed by atoms with Gasteiger partial charge in [-0.25, -0.2) is 0 Å². The molecule has 5 aliphatic rings. The van der Waals surface area contributed by atoms with Gasteiger partial charge in [0.05, 0.1) is 13.2 Å². The summed E-state index contributed by atoms with van der Waals surface area (Å²) < 4.78 is 5.41. The minimum Gasteiger partial charge on any atom is -0.468 e. The van der Waals surface area contributed by atoms with Crippen molar-refractivity contribution in [1.29, 1.82) is 0 Å². The van der Waals surface area contributed by atoms with Gasteiger partial charge in [-0.3, -0.25) is 4.79 Å². The molecular weight excluding hydrogens is 448 g/mol. The van der Waals surface area contributed by atoms with E-state index >= 15 is 0 Å². The van der Waals surface area contributed by atoms with Gasteiger partial charge in [-0.2, -0.15) is 0 Å². The number of aldehydes is 1. The van der Waals surface area contributed by atoms with Gasteiger partial charge in [-0.1, -0.05) is 60.1 Å². The zero-order valence-electron chi connectivity index (χ0n) is 24.1. The standard InChI is InChI=1S/C32H50O4/c1-20-11-13-28(4)23(29(20,5)19-33)12-14-30(6)24(28)10-9-21-22-17-27(2,3)15-16-32(22,26(35)36-8)25(34)18-31(21,30)7/h9,19-20,22-25,34H,10-18H2,1-8H3/t20-,22?,23+,24?,25+,28?,29-,30-,31+,32+/m0/s1. The van der Waals surface area contributed by atoms with Crippen LogP contribution in [0.2, 0.25) is 0 Å². The Kier molecular flexibility index (Phi) is 5.83. The lowest BCUT2D eigenvalue weighted by Gasteiger charge is -2.71. The summed E-state index contributed by atoms with van der Waals surface area (Å²) in [5.74, 6) is 1.10. The Bertz CT molecular complexity index is 983. The first-order chi connectivity index (χ1) is 16.7. The van der Waals surface area contributed by atoms with Crippen LogP contribution in [0.1, 0.15) is 106 Å². The van der Waals surface area contributed by atoms with E-state index in [4.69, 9.17) is 4.74 Å². The minimum atomic E-state index is -0.823. The molecule has 202 valence electrons. The maximum Gasteiger partial charge on any atom is 0.315 e. The Hall–Kier alpha value is -1.16. The largest absolute Gasteiger partial charge is 0.468 e. The average Bonchev–Trinajstić information content (AvgIpc) is 2.81. The smallest absolute Gasteiger partial charge is 0.315 e. The molecule has 0 saturated heterocycles. The Morgan fingerprint density at radius 1 is 1.00 bits per heavy atom. The number of methoxy groups -OCH3 is 1. The number of allylic oxidation sites excluding steroid dienone is 2. The third-order valence-corrected chi connectivity index (χ3v) is 13.7. The number of esters is 1. The van der Waals surface area contributed by atoms with Crippen LogP contribution in [0.25, 0.3) is 0 Å². The lowest BCUT2D eigenvalue weighted by atomic mass is 9.33. The number of carbonyl (C=O) groups is 2. The first-order valence-electron chi connectivity index (χ1n) is 14.6. The summed E-state index contributed by atoms with van der Waals surface area (Å²) in [6.07, 6.45) is 11.7. The van der Waals surface area contributed by atoms with Crippen LogP contribution in [0, 0.1) is 56.2 Å². The van der Waals surface area contributed by atoms with Crippen LogP contribution in [-0.4, -0.2) is 30.6 Å². The van der Waals surface area contributed by atoms with Crippen molar-refractivity contribution in [1.82, 2.24) is 0 Å². The zero-order chi connectivity index (χ0) is 26.5. The molecule has 36 heavy (non-hydrogen) atoms. The Labute approximate surface area is 219 Å². The molecule has 0 aromatic rings. The van der Waals surface area contributed by atoms with Crippen molar-refractivity contribution in [3.8, 4) is 0 Å². The van der Waals surface area contributed by atoms with Gasteiger partial charge < -0.3 is 14.6 Å². The van der Waals surface area contributed by atoms with Gasteiger partial charge in [-0.15, -0.1) is 0 Å². The molecule has 5 aliphatic carbocycles. The number of fused-ring (bicyclic) bond motifs is 7. The van der Waals surface area contributed by atoms with E-state index in [1.807, 2.05) is 0 Å². The second-order valence-corrected chi connectivity index (χ2v) is 15.4. The topological polar surface area (TPSA) is 63.6 Å². The van der Waals surface area contributed by atoms with Crippen LogP contribution < -0.4 is 0 Å². The predicted molar refractivity (Wildman–Crippen MR) is 142 cm³/mol. The fourth-order valence-corrected chi connectivity index (χ4v) is 11.0. The lowest BCUT2D eigenvalue weighted by molar-refractivity contribution is -0.212. The SMILES string of the molecule is COC(=O)[C@]12CCC(C)(C)CC1C1=CCC3C4(C)CC[C@H](C)[C@](C)(C=O)[C@@H]4CC[C@]3(C)[C@]1(C)C[C@H]2O. The number of aliphatic hydroxyl groups excluding tert-OH is 1. The monoisotopic (exact) mass is 498 g/mol. The van der Waals surface area contributed by atoms with Crippen molar-refractivity contribution in [3.05, 3.63) is 11.6 Å². The van der Waals surface area contributed by atoms with E-state index in [0.29, 0.717) is 30.6 Å². The summed E-state index contributed by atoms with van der Waals surface area (Å²) in [7, 11) is 1.48. The molecule has 0 heterocycles. The summed E-state index contributed by atoms with van der Waals surface area (Å²) >= 11 is 0. The molecule has 5 rings (SSSR count). The molecule has 10 atom stereocenters. The van der Waals surface area contributed by atoms with Crippen molar-refractivity contribution < 1.29 is 19.4 Å². The number of hydrogen-bond donors (Lipinski definition) is 1. The fourth-order valence-electron chi connectivity index (χ4n) is 11.0.